The summed E-state index contributed by atoms with van der Waals surface area (Å²) in [7, 11) is 1.65. The molecule has 1 aromatic carbocycles. The van der Waals surface area contributed by atoms with Gasteiger partial charge in [0.25, 0.3) is 5.91 Å². The Morgan fingerprint density at radius 3 is 2.45 bits per heavy atom. The van der Waals surface area contributed by atoms with Crippen LogP contribution < -0.4 is 15.8 Å². The number of nitrogens with two attached hydrogens (primary N) is 1. The van der Waals surface area contributed by atoms with Crippen molar-refractivity contribution in [2.75, 3.05) is 45.2 Å². The Balaban J connectivity index is 1.51. The molecule has 9 nitrogen and oxygen atoms in total. The van der Waals surface area contributed by atoms with Gasteiger partial charge in [-0.15, -0.1) is 0 Å². The molecule has 0 spiro atoms. The monoisotopic (exact) mass is 475 g/mol. The van der Waals surface area contributed by atoms with E-state index in [1.165, 1.54) is 4.90 Å². The summed E-state index contributed by atoms with van der Waals surface area (Å²) in [5.74, 6) is 0.0821. The number of piperidine rings is 1. The Bertz CT molecular complexity index is 870. The third-order valence-electron chi connectivity index (χ3n) is 6.22. The molecule has 33 heavy (non-hydrogen) atoms. The maximum Gasteiger partial charge on any atom is 0.251 e. The molecule has 3 amide bonds. The molecule has 0 radical (unpaired) electrons. The van der Waals surface area contributed by atoms with Crippen LogP contribution >= 0.6 is 12.2 Å². The summed E-state index contributed by atoms with van der Waals surface area (Å²) < 4.78 is 5.41. The van der Waals surface area contributed by atoms with Gasteiger partial charge in [0, 0.05) is 25.2 Å². The number of anilines is 1. The van der Waals surface area contributed by atoms with Gasteiger partial charge in [0.1, 0.15) is 11.8 Å². The van der Waals surface area contributed by atoms with E-state index in [0.717, 1.165) is 44.6 Å². The number of likely N-dealkylation sites (N-methyl/N-ethyl adjacent to an activating group) is 1. The van der Waals surface area contributed by atoms with Crippen molar-refractivity contribution in [2.24, 2.45) is 11.7 Å². The molecule has 3 N–H and O–H groups in total. The maximum absolute atomic E-state index is 12.7. The van der Waals surface area contributed by atoms with Gasteiger partial charge >= 0.3 is 0 Å². The number of hydrogen-bond acceptors (Lipinski definition) is 6. The minimum Gasteiger partial charge on any atom is -0.494 e. The quantitative estimate of drug-likeness (QED) is 0.493. The fourth-order valence-corrected chi connectivity index (χ4v) is 4.63. The van der Waals surface area contributed by atoms with Crippen molar-refractivity contribution < 1.29 is 19.1 Å². The standard InChI is InChI=1S/C23H33N5O4S/c1-3-32-18-7-5-17(6-8-18)25-20(29)15-19-22(31)26(2)23(33)28(19)12-4-11-27-13-9-16(10-14-27)21(24)30/h5-8,16,19H,3-4,9-15H2,1-2H3,(H2,24,30)(H,25,29)/t19-/m1/s1. The number of likely N-dealkylation sites (tertiary alicyclic amines) is 1. The molecular weight excluding hydrogens is 442 g/mol. The minimum absolute atomic E-state index is 0.0283. The van der Waals surface area contributed by atoms with E-state index in [0.29, 0.717) is 24.0 Å². The summed E-state index contributed by atoms with van der Waals surface area (Å²) in [6.07, 6.45) is 2.40. The molecule has 180 valence electrons. The number of ether oxygens (including phenoxy) is 1. The first-order chi connectivity index (χ1) is 15.8. The van der Waals surface area contributed by atoms with Gasteiger partial charge in [-0.2, -0.15) is 0 Å². The van der Waals surface area contributed by atoms with Crippen LogP contribution in [0, 0.1) is 5.92 Å². The van der Waals surface area contributed by atoms with Crippen molar-refractivity contribution in [3.05, 3.63) is 24.3 Å². The average Bonchev–Trinajstić information content (AvgIpc) is 2.99. The van der Waals surface area contributed by atoms with E-state index >= 15 is 0 Å². The lowest BCUT2D eigenvalue weighted by Crippen LogP contribution is -2.41. The summed E-state index contributed by atoms with van der Waals surface area (Å²) >= 11 is 5.47. The summed E-state index contributed by atoms with van der Waals surface area (Å²) in [6, 6.07) is 6.53. The van der Waals surface area contributed by atoms with Gasteiger partial charge in [-0.3, -0.25) is 19.3 Å². The molecule has 0 bridgehead atoms. The molecule has 10 heteroatoms. The molecule has 0 saturated carbocycles. The minimum atomic E-state index is -0.606. The molecule has 2 heterocycles. The largest absolute Gasteiger partial charge is 0.494 e. The van der Waals surface area contributed by atoms with Gasteiger partial charge in [0.2, 0.25) is 11.8 Å². The average molecular weight is 476 g/mol. The number of nitrogens with one attached hydrogen (secondary N) is 1. The molecular formula is C23H33N5O4S. The Morgan fingerprint density at radius 2 is 1.85 bits per heavy atom. The van der Waals surface area contributed by atoms with Gasteiger partial charge < -0.3 is 25.6 Å². The van der Waals surface area contributed by atoms with Gasteiger partial charge in [0.05, 0.1) is 13.0 Å². The molecule has 2 aliphatic heterocycles. The maximum atomic E-state index is 12.7. The van der Waals surface area contributed by atoms with Crippen molar-refractivity contribution in [1.82, 2.24) is 14.7 Å². The van der Waals surface area contributed by atoms with E-state index in [4.69, 9.17) is 22.7 Å². The SMILES string of the molecule is CCOc1ccc(NC(=O)C[C@@H]2C(=O)N(C)C(=S)N2CCCN2CCC(C(N)=O)CC2)cc1. The third-order valence-corrected chi connectivity index (χ3v) is 6.72. The van der Waals surface area contributed by atoms with Crippen LogP contribution in [0.5, 0.6) is 5.75 Å². The van der Waals surface area contributed by atoms with Crippen molar-refractivity contribution in [1.29, 1.82) is 0 Å². The van der Waals surface area contributed by atoms with Crippen molar-refractivity contribution >= 4 is 40.7 Å². The molecule has 3 rings (SSSR count). The Morgan fingerprint density at radius 1 is 1.18 bits per heavy atom. The summed E-state index contributed by atoms with van der Waals surface area (Å²) in [5, 5.41) is 3.30. The Kier molecular flexibility index (Phi) is 8.62. The molecule has 1 aromatic rings. The van der Waals surface area contributed by atoms with Crippen LogP contribution in [0.3, 0.4) is 0 Å². The molecule has 0 unspecified atom stereocenters. The van der Waals surface area contributed by atoms with Crippen molar-refractivity contribution in [3.63, 3.8) is 0 Å². The van der Waals surface area contributed by atoms with Crippen LogP contribution in [0.1, 0.15) is 32.6 Å². The van der Waals surface area contributed by atoms with E-state index in [1.54, 1.807) is 31.3 Å². The summed E-state index contributed by atoms with van der Waals surface area (Å²) in [4.78, 5) is 42.3. The van der Waals surface area contributed by atoms with Crippen LogP contribution in [0.25, 0.3) is 0 Å². The number of primary amides is 1. The highest BCUT2D eigenvalue weighted by Crippen LogP contribution is 2.22. The van der Waals surface area contributed by atoms with Crippen LogP contribution in [-0.2, 0) is 14.4 Å². The molecule has 0 aliphatic carbocycles. The number of rotatable bonds is 10. The highest BCUT2D eigenvalue weighted by molar-refractivity contribution is 7.80. The summed E-state index contributed by atoms with van der Waals surface area (Å²) in [5.41, 5.74) is 6.05. The lowest BCUT2D eigenvalue weighted by molar-refractivity contribution is -0.130. The first-order valence-corrected chi connectivity index (χ1v) is 11.8. The predicted octanol–water partition coefficient (Wildman–Crippen LogP) is 1.43. The van der Waals surface area contributed by atoms with Crippen molar-refractivity contribution in [3.8, 4) is 5.75 Å². The number of hydrogen-bond donors (Lipinski definition) is 2. The normalized spacial score (nSPS) is 19.8. The number of amides is 3. The zero-order valence-corrected chi connectivity index (χ0v) is 20.1. The fourth-order valence-electron chi connectivity index (χ4n) is 4.32. The van der Waals surface area contributed by atoms with Crippen LogP contribution in [0.4, 0.5) is 5.69 Å². The number of nitrogens with zero attached hydrogens (tertiary/aromatic N) is 3. The smallest absolute Gasteiger partial charge is 0.251 e. The van der Waals surface area contributed by atoms with E-state index in [9.17, 15) is 14.4 Å². The summed E-state index contributed by atoms with van der Waals surface area (Å²) in [6.45, 7) is 5.59. The van der Waals surface area contributed by atoms with Crippen LogP contribution in [0.2, 0.25) is 0 Å². The third kappa shape index (κ3) is 6.42. The molecule has 2 fully saturated rings. The Labute approximate surface area is 200 Å². The number of thiocarbonyl (C=S) groups is 1. The zero-order valence-electron chi connectivity index (χ0n) is 19.3. The molecule has 2 saturated heterocycles. The van der Waals surface area contributed by atoms with E-state index in [2.05, 4.69) is 10.2 Å². The van der Waals surface area contributed by atoms with E-state index < -0.39 is 6.04 Å². The predicted molar refractivity (Wildman–Crippen MR) is 130 cm³/mol. The second-order valence-corrected chi connectivity index (χ2v) is 8.84. The highest BCUT2D eigenvalue weighted by Gasteiger charge is 2.41. The van der Waals surface area contributed by atoms with E-state index in [1.807, 2.05) is 11.8 Å². The zero-order chi connectivity index (χ0) is 24.0. The van der Waals surface area contributed by atoms with Gasteiger partial charge in [-0.25, -0.2) is 0 Å². The molecule has 1 atom stereocenters. The van der Waals surface area contributed by atoms with Gasteiger partial charge in [0.15, 0.2) is 5.11 Å². The fraction of sp³-hybridized carbons (Fsp3) is 0.565. The first-order valence-electron chi connectivity index (χ1n) is 11.4. The number of benzene rings is 1. The lowest BCUT2D eigenvalue weighted by atomic mass is 9.96. The topological polar surface area (TPSA) is 108 Å². The first kappa shape index (κ1) is 24.9. The van der Waals surface area contributed by atoms with Crippen LogP contribution in [-0.4, -0.2) is 83.4 Å². The lowest BCUT2D eigenvalue weighted by Gasteiger charge is -2.31. The molecule has 0 aromatic heterocycles. The van der Waals surface area contributed by atoms with Gasteiger partial charge in [-0.1, -0.05) is 0 Å². The highest BCUT2D eigenvalue weighted by atomic mass is 32.1. The Hall–Kier alpha value is -2.72. The van der Waals surface area contributed by atoms with Crippen molar-refractivity contribution in [2.45, 2.75) is 38.6 Å². The van der Waals surface area contributed by atoms with E-state index in [-0.39, 0.29) is 30.1 Å². The second kappa shape index (κ2) is 11.4. The van der Waals surface area contributed by atoms with Crippen LogP contribution in [0.15, 0.2) is 24.3 Å². The number of carbonyl (C=O) groups excluding carboxylic acids is 3. The number of carbonyl (C=O) groups is 3. The molecule has 2 aliphatic rings. The second-order valence-electron chi connectivity index (χ2n) is 8.47. The van der Waals surface area contributed by atoms with Gasteiger partial charge in [-0.05, 0) is 82.3 Å².